The summed E-state index contributed by atoms with van der Waals surface area (Å²) in [4.78, 5) is 34.1. The summed E-state index contributed by atoms with van der Waals surface area (Å²) in [7, 11) is 0. The highest BCUT2D eigenvalue weighted by Gasteiger charge is 2.13. The van der Waals surface area contributed by atoms with Crippen LogP contribution in [0.25, 0.3) is 0 Å². The number of anilines is 1. The summed E-state index contributed by atoms with van der Waals surface area (Å²) in [6, 6.07) is 5.83. The molecule has 5 heteroatoms. The summed E-state index contributed by atoms with van der Waals surface area (Å²) in [6.45, 7) is 7.08. The summed E-state index contributed by atoms with van der Waals surface area (Å²) in [5, 5.41) is 2.80. The van der Waals surface area contributed by atoms with E-state index in [0.717, 1.165) is 16.8 Å². The molecule has 1 aromatic rings. The number of carbonyl (C=O) groups excluding carboxylic acids is 3. The van der Waals surface area contributed by atoms with E-state index < -0.39 is 5.97 Å². The quantitative estimate of drug-likeness (QED) is 0.786. The minimum absolute atomic E-state index is 0.00419. The Morgan fingerprint density at radius 3 is 2.45 bits per heavy atom. The Morgan fingerprint density at radius 1 is 1.18 bits per heavy atom. The number of rotatable bonds is 7. The summed E-state index contributed by atoms with van der Waals surface area (Å²) in [5.41, 5.74) is 2.76. The number of hydrogen-bond acceptors (Lipinski definition) is 4. The van der Waals surface area contributed by atoms with Crippen molar-refractivity contribution in [1.82, 2.24) is 0 Å². The minimum atomic E-state index is -0.542. The summed E-state index contributed by atoms with van der Waals surface area (Å²) < 4.78 is 4.86. The maximum Gasteiger partial charge on any atom is 0.306 e. The number of aryl methyl sites for hydroxylation is 1. The van der Waals surface area contributed by atoms with Crippen LogP contribution in [0.4, 0.5) is 5.69 Å². The average molecular weight is 305 g/mol. The Morgan fingerprint density at radius 2 is 1.86 bits per heavy atom. The molecule has 0 radical (unpaired) electrons. The van der Waals surface area contributed by atoms with E-state index in [-0.39, 0.29) is 37.1 Å². The molecular formula is C17H23NO4. The minimum Gasteiger partial charge on any atom is -0.456 e. The molecule has 0 saturated heterocycles. The Balaban J connectivity index is 2.59. The van der Waals surface area contributed by atoms with Crippen molar-refractivity contribution in [2.75, 3.05) is 11.9 Å². The number of para-hydroxylation sites is 1. The molecule has 0 unspecified atom stereocenters. The highest BCUT2D eigenvalue weighted by molar-refractivity contribution is 5.94. The Hall–Kier alpha value is -2.17. The molecule has 0 atom stereocenters. The molecule has 1 amide bonds. The van der Waals surface area contributed by atoms with Crippen molar-refractivity contribution in [3.8, 4) is 0 Å². The molecule has 0 aromatic heterocycles. The summed E-state index contributed by atoms with van der Waals surface area (Å²) in [6.07, 6.45) is 0.139. The molecule has 0 bridgehead atoms. The lowest BCUT2D eigenvalue weighted by atomic mass is 9.98. The lowest BCUT2D eigenvalue weighted by Gasteiger charge is -2.16. The summed E-state index contributed by atoms with van der Waals surface area (Å²) in [5.74, 6) is -0.734. The number of nitrogens with one attached hydrogen (secondary N) is 1. The Bertz CT molecular complexity index is 564. The highest BCUT2D eigenvalue weighted by Crippen LogP contribution is 2.27. The monoisotopic (exact) mass is 305 g/mol. The number of Topliss-reactive ketones (excluding diaryl/α,β-unsaturated/α-hetero) is 1. The molecule has 1 N–H and O–H groups in total. The smallest absolute Gasteiger partial charge is 0.306 e. The van der Waals surface area contributed by atoms with Crippen molar-refractivity contribution in [3.63, 3.8) is 0 Å². The molecule has 0 aliphatic heterocycles. The third-order valence-corrected chi connectivity index (χ3v) is 3.24. The van der Waals surface area contributed by atoms with Gasteiger partial charge in [-0.3, -0.25) is 9.59 Å². The van der Waals surface area contributed by atoms with Gasteiger partial charge in [-0.2, -0.15) is 0 Å². The third kappa shape index (κ3) is 5.68. The second-order valence-corrected chi connectivity index (χ2v) is 5.60. The van der Waals surface area contributed by atoms with Gasteiger partial charge in [-0.25, -0.2) is 0 Å². The van der Waals surface area contributed by atoms with Gasteiger partial charge in [-0.1, -0.05) is 32.0 Å². The lowest BCUT2D eigenvalue weighted by molar-refractivity contribution is -0.148. The molecule has 0 aliphatic carbocycles. The van der Waals surface area contributed by atoms with Crippen LogP contribution < -0.4 is 5.32 Å². The SMILES string of the molecule is CC(=O)CCC(=O)OCC(=O)Nc1c(C)cccc1C(C)C. The van der Waals surface area contributed by atoms with Crippen LogP contribution in [-0.2, 0) is 19.1 Å². The van der Waals surface area contributed by atoms with E-state index in [1.54, 1.807) is 0 Å². The van der Waals surface area contributed by atoms with Gasteiger partial charge in [-0.15, -0.1) is 0 Å². The standard InChI is InChI=1S/C17H23NO4/c1-11(2)14-7-5-6-12(3)17(14)18-15(20)10-22-16(21)9-8-13(4)19/h5-7,11H,8-10H2,1-4H3,(H,18,20). The van der Waals surface area contributed by atoms with E-state index in [1.165, 1.54) is 6.92 Å². The van der Waals surface area contributed by atoms with Gasteiger partial charge in [0.1, 0.15) is 5.78 Å². The lowest BCUT2D eigenvalue weighted by Crippen LogP contribution is -2.22. The largest absolute Gasteiger partial charge is 0.456 e. The number of hydrogen-bond donors (Lipinski definition) is 1. The normalized spacial score (nSPS) is 10.4. The molecule has 5 nitrogen and oxygen atoms in total. The van der Waals surface area contributed by atoms with Crippen LogP contribution in [0.3, 0.4) is 0 Å². The maximum atomic E-state index is 11.9. The molecule has 1 rings (SSSR count). The van der Waals surface area contributed by atoms with Crippen molar-refractivity contribution in [2.24, 2.45) is 0 Å². The van der Waals surface area contributed by atoms with E-state index in [0.29, 0.717) is 0 Å². The first kappa shape index (κ1) is 17.9. The topological polar surface area (TPSA) is 72.5 Å². The second-order valence-electron chi connectivity index (χ2n) is 5.60. The average Bonchev–Trinajstić information content (AvgIpc) is 2.44. The maximum absolute atomic E-state index is 11.9. The van der Waals surface area contributed by atoms with E-state index in [2.05, 4.69) is 5.32 Å². The zero-order chi connectivity index (χ0) is 16.7. The first-order chi connectivity index (χ1) is 10.3. The number of ketones is 1. The van der Waals surface area contributed by atoms with E-state index in [1.807, 2.05) is 39.0 Å². The van der Waals surface area contributed by atoms with Gasteiger partial charge < -0.3 is 14.8 Å². The van der Waals surface area contributed by atoms with Gasteiger partial charge in [0, 0.05) is 12.1 Å². The first-order valence-corrected chi connectivity index (χ1v) is 7.35. The molecular weight excluding hydrogens is 282 g/mol. The zero-order valence-electron chi connectivity index (χ0n) is 13.6. The number of ether oxygens (including phenoxy) is 1. The van der Waals surface area contributed by atoms with Crippen LogP contribution in [0, 0.1) is 6.92 Å². The Labute approximate surface area is 131 Å². The molecule has 0 aliphatic rings. The number of esters is 1. The fourth-order valence-electron chi connectivity index (χ4n) is 2.01. The van der Waals surface area contributed by atoms with Crippen LogP contribution in [0.5, 0.6) is 0 Å². The third-order valence-electron chi connectivity index (χ3n) is 3.24. The molecule has 22 heavy (non-hydrogen) atoms. The van der Waals surface area contributed by atoms with E-state index in [4.69, 9.17) is 4.74 Å². The molecule has 0 spiro atoms. The van der Waals surface area contributed by atoms with Crippen LogP contribution in [0.1, 0.15) is 50.7 Å². The predicted molar refractivity (Wildman–Crippen MR) is 84.8 cm³/mol. The fourth-order valence-corrected chi connectivity index (χ4v) is 2.01. The molecule has 1 aromatic carbocycles. The van der Waals surface area contributed by atoms with Gasteiger partial charge >= 0.3 is 5.97 Å². The van der Waals surface area contributed by atoms with Crippen molar-refractivity contribution < 1.29 is 19.1 Å². The molecule has 0 saturated carbocycles. The van der Waals surface area contributed by atoms with Crippen molar-refractivity contribution in [2.45, 2.75) is 46.5 Å². The van der Waals surface area contributed by atoms with Crippen molar-refractivity contribution >= 4 is 23.3 Å². The van der Waals surface area contributed by atoms with Crippen molar-refractivity contribution in [1.29, 1.82) is 0 Å². The highest BCUT2D eigenvalue weighted by atomic mass is 16.5. The first-order valence-electron chi connectivity index (χ1n) is 7.35. The molecule has 0 fully saturated rings. The van der Waals surface area contributed by atoms with Crippen molar-refractivity contribution in [3.05, 3.63) is 29.3 Å². The molecule has 0 heterocycles. The number of carbonyl (C=O) groups is 3. The van der Waals surface area contributed by atoms with E-state index in [9.17, 15) is 14.4 Å². The van der Waals surface area contributed by atoms with Crippen LogP contribution in [0.2, 0.25) is 0 Å². The van der Waals surface area contributed by atoms with Gasteiger partial charge in [0.2, 0.25) is 0 Å². The van der Waals surface area contributed by atoms with Gasteiger partial charge in [0.05, 0.1) is 6.42 Å². The number of amides is 1. The van der Waals surface area contributed by atoms with Gasteiger partial charge in [0.15, 0.2) is 6.61 Å². The number of benzene rings is 1. The van der Waals surface area contributed by atoms with E-state index >= 15 is 0 Å². The zero-order valence-corrected chi connectivity index (χ0v) is 13.6. The predicted octanol–water partition coefficient (Wildman–Crippen LogP) is 2.97. The fraction of sp³-hybridized carbons (Fsp3) is 0.471. The Kier molecular flexibility index (Phi) is 6.76. The van der Waals surface area contributed by atoms with Crippen LogP contribution >= 0.6 is 0 Å². The van der Waals surface area contributed by atoms with Crippen LogP contribution in [-0.4, -0.2) is 24.3 Å². The van der Waals surface area contributed by atoms with Gasteiger partial charge in [0.25, 0.3) is 5.91 Å². The second kappa shape index (κ2) is 8.32. The van der Waals surface area contributed by atoms with Gasteiger partial charge in [-0.05, 0) is 30.9 Å². The summed E-state index contributed by atoms with van der Waals surface area (Å²) >= 11 is 0. The van der Waals surface area contributed by atoms with Crippen LogP contribution in [0.15, 0.2) is 18.2 Å². The molecule has 120 valence electrons.